The monoisotopic (exact) mass is 648 g/mol. The first-order valence-electron chi connectivity index (χ1n) is 16.4. The first-order chi connectivity index (χ1) is 21.1. The van der Waals surface area contributed by atoms with Crippen molar-refractivity contribution in [2.45, 2.75) is 143 Å². The maximum atomic E-state index is 11.7. The van der Waals surface area contributed by atoms with Gasteiger partial charge in [0.1, 0.15) is 30.0 Å². The molecule has 0 aromatic rings. The number of hydrogen-bond acceptors (Lipinski definition) is 15. The van der Waals surface area contributed by atoms with Crippen LogP contribution >= 0.6 is 0 Å². The fourth-order valence-electron chi connectivity index (χ4n) is 7.37. The smallest absolute Gasteiger partial charge is 0.185 e. The van der Waals surface area contributed by atoms with Crippen molar-refractivity contribution in [3.63, 3.8) is 0 Å². The van der Waals surface area contributed by atoms with Gasteiger partial charge in [-0.15, -0.1) is 0 Å². The third-order valence-corrected chi connectivity index (χ3v) is 10.6. The van der Waals surface area contributed by atoms with Crippen LogP contribution in [0.15, 0.2) is 0 Å². The Morgan fingerprint density at radius 3 is 2.22 bits per heavy atom. The molecule has 2 aliphatic heterocycles. The minimum atomic E-state index is -1.36. The van der Waals surface area contributed by atoms with Gasteiger partial charge in [0.15, 0.2) is 12.6 Å². The highest BCUT2D eigenvalue weighted by atomic mass is 16.7. The zero-order chi connectivity index (χ0) is 33.3. The van der Waals surface area contributed by atoms with E-state index in [1.165, 1.54) is 0 Å². The molecule has 0 radical (unpaired) electrons. The van der Waals surface area contributed by atoms with E-state index in [1.54, 1.807) is 14.0 Å². The van der Waals surface area contributed by atoms with Crippen LogP contribution in [-0.2, 0) is 18.9 Å². The molecule has 4 rings (SSSR count). The molecule has 264 valence electrons. The van der Waals surface area contributed by atoms with Crippen molar-refractivity contribution in [2.75, 3.05) is 40.5 Å². The number of nitrogens with one attached hydrogen (secondary N) is 2. The minimum absolute atomic E-state index is 0.125. The topological polar surface area (TPSA) is 243 Å². The third-order valence-electron chi connectivity index (χ3n) is 10.6. The summed E-state index contributed by atoms with van der Waals surface area (Å²) in [6.45, 7) is 5.92. The Labute approximate surface area is 267 Å². The van der Waals surface area contributed by atoms with Gasteiger partial charge in [0.25, 0.3) is 0 Å². The molecule has 2 aliphatic carbocycles. The molecule has 0 bridgehead atoms. The van der Waals surface area contributed by atoms with Crippen molar-refractivity contribution in [3.8, 4) is 0 Å². The second-order valence-electron chi connectivity index (χ2n) is 14.6. The summed E-state index contributed by atoms with van der Waals surface area (Å²) >= 11 is 0. The Morgan fingerprint density at radius 1 is 0.978 bits per heavy atom. The Balaban J connectivity index is 1.49. The minimum Gasteiger partial charge on any atom is -0.395 e. The van der Waals surface area contributed by atoms with E-state index in [0.29, 0.717) is 12.3 Å². The van der Waals surface area contributed by atoms with E-state index >= 15 is 0 Å². The predicted molar refractivity (Wildman–Crippen MR) is 166 cm³/mol. The lowest BCUT2D eigenvalue weighted by molar-refractivity contribution is -0.310. The van der Waals surface area contributed by atoms with Gasteiger partial charge >= 0.3 is 0 Å². The van der Waals surface area contributed by atoms with Crippen LogP contribution in [0.3, 0.4) is 0 Å². The summed E-state index contributed by atoms with van der Waals surface area (Å²) in [5.41, 5.74) is 17.4. The van der Waals surface area contributed by atoms with E-state index in [2.05, 4.69) is 36.4 Å². The summed E-state index contributed by atoms with van der Waals surface area (Å²) in [6.07, 6.45) is -3.15. The van der Waals surface area contributed by atoms with Gasteiger partial charge in [-0.1, -0.05) is 0 Å². The standard InChI is InChI=1S/C30H60N6O9/c1-29(2,36(5)11-15-8-16(31)9-15)21-7-6-18(32)27(43-21)44-24-19(33)10-20(35-17(12-37)13-38)25(22(24)39)45-28-23(40)26(34-4)30(3,41)14-42-28/h15-28,34-35,37-41H,6-14,31-33H2,1-5H3/t15?,16?,18-,19+,20-,21+,22+,23-,24-,25+,26-,27-,28-,30+/m1/s1. The maximum absolute atomic E-state index is 11.7. The highest BCUT2D eigenvalue weighted by Gasteiger charge is 2.52. The molecule has 15 nitrogen and oxygen atoms in total. The quantitative estimate of drug-likeness (QED) is 0.0931. The van der Waals surface area contributed by atoms with Crippen LogP contribution in [0.5, 0.6) is 0 Å². The number of likely N-dealkylation sites (N-methyl/N-ethyl adjacent to an activating group) is 2. The summed E-state index contributed by atoms with van der Waals surface area (Å²) in [5, 5.41) is 59.0. The Bertz CT molecular complexity index is 926. The Morgan fingerprint density at radius 2 is 1.62 bits per heavy atom. The number of aliphatic hydroxyl groups is 5. The molecule has 2 saturated carbocycles. The second-order valence-corrected chi connectivity index (χ2v) is 14.6. The van der Waals surface area contributed by atoms with Crippen LogP contribution < -0.4 is 27.8 Å². The molecule has 15 heteroatoms. The number of nitrogens with two attached hydrogens (primary N) is 3. The first kappa shape index (κ1) is 37.2. The van der Waals surface area contributed by atoms with Crippen LogP contribution in [0.1, 0.15) is 52.9 Å². The van der Waals surface area contributed by atoms with E-state index in [9.17, 15) is 25.5 Å². The molecule has 12 atom stereocenters. The van der Waals surface area contributed by atoms with Crippen LogP contribution in [0.2, 0.25) is 0 Å². The lowest BCUT2D eigenvalue weighted by atomic mass is 9.79. The van der Waals surface area contributed by atoms with E-state index < -0.39 is 72.8 Å². The van der Waals surface area contributed by atoms with E-state index in [1.807, 2.05) is 0 Å². The lowest BCUT2D eigenvalue weighted by Crippen LogP contribution is -2.70. The fraction of sp³-hybridized carbons (Fsp3) is 1.00. The zero-order valence-electron chi connectivity index (χ0n) is 27.5. The largest absolute Gasteiger partial charge is 0.395 e. The highest BCUT2D eigenvalue weighted by Crippen LogP contribution is 2.36. The van der Waals surface area contributed by atoms with Gasteiger partial charge in [-0.2, -0.15) is 0 Å². The SMILES string of the molecule is CN[C@@H]1[C@@H](O)[C@@H](O[C@@H]2[C@@H](O)[C@H](O[C@H]3O[C@H](C(C)(C)N(C)CC4CC(N)C4)CC[C@H]3N)[C@@H](N)C[C@H]2NC(CO)CO)OC[C@]1(C)O. The van der Waals surface area contributed by atoms with Crippen molar-refractivity contribution in [1.82, 2.24) is 15.5 Å². The normalized spacial score (nSPS) is 44.7. The predicted octanol–water partition coefficient (Wildman–Crippen LogP) is -3.50. The molecule has 0 aromatic heterocycles. The second kappa shape index (κ2) is 15.3. The summed E-state index contributed by atoms with van der Waals surface area (Å²) in [7, 11) is 3.71. The summed E-state index contributed by atoms with van der Waals surface area (Å²) < 4.78 is 24.9. The third kappa shape index (κ3) is 8.35. The molecule has 0 amide bonds. The number of aliphatic hydroxyl groups excluding tert-OH is 4. The van der Waals surface area contributed by atoms with Gasteiger partial charge in [0.2, 0.25) is 0 Å². The number of rotatable bonds is 13. The first-order valence-corrected chi connectivity index (χ1v) is 16.4. The molecule has 2 heterocycles. The van der Waals surface area contributed by atoms with Gasteiger partial charge in [-0.05, 0) is 72.9 Å². The maximum Gasteiger partial charge on any atom is 0.185 e. The van der Waals surface area contributed by atoms with E-state index in [0.717, 1.165) is 25.8 Å². The number of hydrogen-bond donors (Lipinski definition) is 10. The van der Waals surface area contributed by atoms with Gasteiger partial charge in [0, 0.05) is 30.2 Å². The summed E-state index contributed by atoms with van der Waals surface area (Å²) in [4.78, 5) is 2.31. The molecule has 0 spiro atoms. The lowest BCUT2D eigenvalue weighted by Gasteiger charge is -2.51. The average molecular weight is 649 g/mol. The van der Waals surface area contributed by atoms with Crippen molar-refractivity contribution in [3.05, 3.63) is 0 Å². The van der Waals surface area contributed by atoms with E-state index in [4.69, 9.17) is 36.1 Å². The molecule has 4 aliphatic rings. The highest BCUT2D eigenvalue weighted by molar-refractivity contribution is 5.04. The molecule has 13 N–H and O–H groups in total. The van der Waals surface area contributed by atoms with Gasteiger partial charge in [0.05, 0.1) is 44.1 Å². The van der Waals surface area contributed by atoms with Gasteiger partial charge in [-0.25, -0.2) is 0 Å². The van der Waals surface area contributed by atoms with Gasteiger partial charge in [-0.3, -0.25) is 4.90 Å². The molecule has 2 saturated heterocycles. The Hall–Kier alpha value is -0.600. The van der Waals surface area contributed by atoms with Crippen molar-refractivity contribution in [2.24, 2.45) is 23.1 Å². The number of ether oxygens (including phenoxy) is 4. The van der Waals surface area contributed by atoms with Crippen LogP contribution in [0, 0.1) is 5.92 Å². The van der Waals surface area contributed by atoms with E-state index in [-0.39, 0.29) is 43.9 Å². The molecule has 0 aromatic carbocycles. The number of nitrogens with zero attached hydrogens (tertiary/aromatic N) is 1. The fourth-order valence-corrected chi connectivity index (χ4v) is 7.37. The van der Waals surface area contributed by atoms with Crippen LogP contribution in [0.25, 0.3) is 0 Å². The molecule has 45 heavy (non-hydrogen) atoms. The molecular formula is C30H60N6O9. The van der Waals surface area contributed by atoms with Crippen molar-refractivity contribution in [1.29, 1.82) is 0 Å². The molecule has 4 fully saturated rings. The molecular weight excluding hydrogens is 588 g/mol. The van der Waals surface area contributed by atoms with Gasteiger partial charge < -0.3 is 72.3 Å². The summed E-state index contributed by atoms with van der Waals surface area (Å²) in [5.74, 6) is 0.563. The zero-order valence-corrected chi connectivity index (χ0v) is 27.5. The van der Waals surface area contributed by atoms with Crippen molar-refractivity contribution >= 4 is 0 Å². The molecule has 0 unspecified atom stereocenters. The Kier molecular flexibility index (Phi) is 12.7. The van der Waals surface area contributed by atoms with Crippen molar-refractivity contribution < 1.29 is 44.5 Å². The van der Waals surface area contributed by atoms with Crippen LogP contribution in [-0.4, -0.2) is 161 Å². The van der Waals surface area contributed by atoms with Crippen LogP contribution in [0.4, 0.5) is 0 Å². The average Bonchev–Trinajstić information content (AvgIpc) is 2.96. The summed E-state index contributed by atoms with van der Waals surface area (Å²) in [6, 6.07) is -2.97.